The summed E-state index contributed by atoms with van der Waals surface area (Å²) in [6.45, 7) is 5.03. The van der Waals surface area contributed by atoms with Crippen LogP contribution in [0.1, 0.15) is 16.1 Å². The summed E-state index contributed by atoms with van der Waals surface area (Å²) < 4.78 is 5.29. The van der Waals surface area contributed by atoms with Crippen molar-refractivity contribution in [1.29, 1.82) is 0 Å². The van der Waals surface area contributed by atoms with E-state index in [9.17, 15) is 9.59 Å². The molecule has 7 nitrogen and oxygen atoms in total. The number of thiophene rings is 1. The first-order chi connectivity index (χ1) is 15.1. The van der Waals surface area contributed by atoms with Crippen LogP contribution in [0.3, 0.4) is 0 Å². The van der Waals surface area contributed by atoms with Gasteiger partial charge >= 0.3 is 0 Å². The van der Waals surface area contributed by atoms with E-state index in [0.29, 0.717) is 42.4 Å². The number of benzene rings is 1. The zero-order valence-corrected chi connectivity index (χ0v) is 18.1. The van der Waals surface area contributed by atoms with Gasteiger partial charge in [0, 0.05) is 24.5 Å². The first kappa shape index (κ1) is 21.2. The van der Waals surface area contributed by atoms with E-state index in [0.717, 1.165) is 23.7 Å². The quantitative estimate of drug-likeness (QED) is 0.616. The van der Waals surface area contributed by atoms with E-state index < -0.39 is 0 Å². The van der Waals surface area contributed by atoms with Crippen LogP contribution in [-0.4, -0.2) is 54.5 Å². The van der Waals surface area contributed by atoms with Gasteiger partial charge in [0.25, 0.3) is 5.91 Å². The van der Waals surface area contributed by atoms with Crippen LogP contribution in [0.25, 0.3) is 10.6 Å². The minimum Gasteiger partial charge on any atom is -0.379 e. The van der Waals surface area contributed by atoms with Gasteiger partial charge < -0.3 is 15.4 Å². The van der Waals surface area contributed by atoms with Gasteiger partial charge in [-0.15, -0.1) is 11.3 Å². The molecule has 3 heterocycles. The highest BCUT2D eigenvalue weighted by Crippen LogP contribution is 2.24. The van der Waals surface area contributed by atoms with E-state index >= 15 is 0 Å². The molecule has 31 heavy (non-hydrogen) atoms. The first-order valence-corrected chi connectivity index (χ1v) is 11.0. The Morgan fingerprint density at radius 1 is 1.03 bits per heavy atom. The van der Waals surface area contributed by atoms with Crippen LogP contribution in [0.5, 0.6) is 0 Å². The zero-order valence-electron chi connectivity index (χ0n) is 17.3. The predicted octanol–water partition coefficient (Wildman–Crippen LogP) is 3.64. The van der Waals surface area contributed by atoms with Crippen LogP contribution < -0.4 is 10.6 Å². The molecule has 4 rings (SSSR count). The fourth-order valence-corrected chi connectivity index (χ4v) is 4.06. The van der Waals surface area contributed by atoms with Crippen molar-refractivity contribution < 1.29 is 14.3 Å². The summed E-state index contributed by atoms with van der Waals surface area (Å²) in [7, 11) is 0. The van der Waals surface area contributed by atoms with Crippen LogP contribution in [0, 0.1) is 6.92 Å². The number of hydrogen-bond donors (Lipinski definition) is 2. The number of carbonyl (C=O) groups excluding carboxylic acids is 2. The third-order valence-electron chi connectivity index (χ3n) is 5.00. The molecule has 1 aromatic carbocycles. The van der Waals surface area contributed by atoms with Crippen LogP contribution in [0.4, 0.5) is 11.4 Å². The fraction of sp³-hybridized carbons (Fsp3) is 0.261. The lowest BCUT2D eigenvalue weighted by Gasteiger charge is -2.25. The maximum atomic E-state index is 12.7. The van der Waals surface area contributed by atoms with Crippen LogP contribution in [-0.2, 0) is 9.53 Å². The molecule has 2 aromatic heterocycles. The Bertz CT molecular complexity index is 1050. The van der Waals surface area contributed by atoms with Crippen molar-refractivity contribution in [3.63, 3.8) is 0 Å². The van der Waals surface area contributed by atoms with Gasteiger partial charge in [0.15, 0.2) is 0 Å². The highest BCUT2D eigenvalue weighted by Gasteiger charge is 2.15. The van der Waals surface area contributed by atoms with Crippen molar-refractivity contribution in [3.05, 3.63) is 65.2 Å². The Hall–Kier alpha value is -3.07. The molecule has 8 heteroatoms. The predicted molar refractivity (Wildman–Crippen MR) is 123 cm³/mol. The molecule has 0 aliphatic carbocycles. The highest BCUT2D eigenvalue weighted by atomic mass is 32.1. The number of ether oxygens (including phenoxy) is 1. The lowest BCUT2D eigenvalue weighted by Crippen LogP contribution is -2.41. The smallest absolute Gasteiger partial charge is 0.257 e. The lowest BCUT2D eigenvalue weighted by molar-refractivity contribution is -0.118. The molecule has 2 amide bonds. The molecule has 0 spiro atoms. The van der Waals surface area contributed by atoms with Crippen molar-refractivity contribution in [2.75, 3.05) is 43.5 Å². The molecule has 0 unspecified atom stereocenters. The van der Waals surface area contributed by atoms with Gasteiger partial charge in [-0.2, -0.15) is 0 Å². The molecular weight excluding hydrogens is 412 g/mol. The number of nitrogens with zero attached hydrogens (tertiary/aromatic N) is 2. The minimum absolute atomic E-state index is 0.0637. The second kappa shape index (κ2) is 9.82. The maximum absolute atomic E-state index is 12.7. The third kappa shape index (κ3) is 5.55. The summed E-state index contributed by atoms with van der Waals surface area (Å²) in [5.74, 6) is -0.280. The van der Waals surface area contributed by atoms with Gasteiger partial charge in [-0.1, -0.05) is 6.07 Å². The average Bonchev–Trinajstić information content (AvgIpc) is 3.30. The molecule has 1 fully saturated rings. The van der Waals surface area contributed by atoms with E-state index in [1.165, 1.54) is 0 Å². The van der Waals surface area contributed by atoms with Gasteiger partial charge in [-0.3, -0.25) is 19.5 Å². The van der Waals surface area contributed by atoms with Crippen LogP contribution >= 0.6 is 11.3 Å². The molecule has 1 saturated heterocycles. The second-order valence-electron chi connectivity index (χ2n) is 7.27. The van der Waals surface area contributed by atoms with Gasteiger partial charge in [-0.25, -0.2) is 0 Å². The SMILES string of the molecule is Cc1nc(-c2cccs2)ccc1C(=O)Nc1ccc(NC(=O)CN2CCOCC2)cc1. The third-order valence-corrected chi connectivity index (χ3v) is 5.89. The van der Waals surface area contributed by atoms with Crippen LogP contribution in [0.2, 0.25) is 0 Å². The molecule has 0 bridgehead atoms. The number of aromatic nitrogens is 1. The number of anilines is 2. The topological polar surface area (TPSA) is 83.6 Å². The van der Waals surface area contributed by atoms with Gasteiger partial charge in [0.2, 0.25) is 5.91 Å². The summed E-state index contributed by atoms with van der Waals surface area (Å²) in [5, 5.41) is 7.78. The highest BCUT2D eigenvalue weighted by molar-refractivity contribution is 7.13. The Morgan fingerprint density at radius 2 is 1.74 bits per heavy atom. The lowest BCUT2D eigenvalue weighted by atomic mass is 10.1. The van der Waals surface area contributed by atoms with Gasteiger partial charge in [0.1, 0.15) is 0 Å². The van der Waals surface area contributed by atoms with E-state index in [-0.39, 0.29) is 11.8 Å². The standard InChI is InChI=1S/C23H24N4O3S/c1-16-19(8-9-20(24-16)21-3-2-14-31-21)23(29)26-18-6-4-17(5-7-18)25-22(28)15-27-10-12-30-13-11-27/h2-9,14H,10-13,15H2,1H3,(H,25,28)(H,26,29). The van der Waals surface area contributed by atoms with Crippen molar-refractivity contribution in [2.24, 2.45) is 0 Å². The molecule has 3 aromatic rings. The Balaban J connectivity index is 1.34. The molecule has 1 aliphatic heterocycles. The van der Waals surface area contributed by atoms with Gasteiger partial charge in [0.05, 0.1) is 41.6 Å². The van der Waals surface area contributed by atoms with E-state index in [1.54, 1.807) is 41.7 Å². The van der Waals surface area contributed by atoms with E-state index in [4.69, 9.17) is 4.74 Å². The first-order valence-electron chi connectivity index (χ1n) is 10.1. The second-order valence-corrected chi connectivity index (χ2v) is 8.22. The Labute approximate surface area is 185 Å². The van der Waals surface area contributed by atoms with Gasteiger partial charge in [-0.05, 0) is 54.8 Å². The number of rotatable bonds is 6. The number of nitrogens with one attached hydrogen (secondary N) is 2. The fourth-order valence-electron chi connectivity index (χ4n) is 3.36. The minimum atomic E-state index is -0.216. The molecule has 2 N–H and O–H groups in total. The maximum Gasteiger partial charge on any atom is 0.257 e. The molecule has 1 aliphatic rings. The zero-order chi connectivity index (χ0) is 21.6. The summed E-state index contributed by atoms with van der Waals surface area (Å²) in [6, 6.07) is 14.7. The number of morpholine rings is 1. The number of amides is 2. The summed E-state index contributed by atoms with van der Waals surface area (Å²) in [6.07, 6.45) is 0. The molecule has 0 radical (unpaired) electrons. The summed E-state index contributed by atoms with van der Waals surface area (Å²) >= 11 is 1.62. The molecule has 160 valence electrons. The molecular formula is C23H24N4O3S. The number of hydrogen-bond acceptors (Lipinski definition) is 6. The normalized spacial score (nSPS) is 14.2. The summed E-state index contributed by atoms with van der Waals surface area (Å²) in [5.41, 5.74) is 3.41. The largest absolute Gasteiger partial charge is 0.379 e. The number of aryl methyl sites for hydroxylation is 1. The average molecular weight is 437 g/mol. The van der Waals surface area contributed by atoms with E-state index in [2.05, 4.69) is 20.5 Å². The van der Waals surface area contributed by atoms with Crippen LogP contribution in [0.15, 0.2) is 53.9 Å². The van der Waals surface area contributed by atoms with Crippen molar-refractivity contribution in [3.8, 4) is 10.6 Å². The summed E-state index contributed by atoms with van der Waals surface area (Å²) in [4.78, 5) is 32.6. The number of pyridine rings is 1. The molecule has 0 saturated carbocycles. The van der Waals surface area contributed by atoms with E-state index in [1.807, 2.05) is 30.5 Å². The van der Waals surface area contributed by atoms with Crippen molar-refractivity contribution in [2.45, 2.75) is 6.92 Å². The van der Waals surface area contributed by atoms with Crippen molar-refractivity contribution in [1.82, 2.24) is 9.88 Å². The van der Waals surface area contributed by atoms with Crippen molar-refractivity contribution >= 4 is 34.5 Å². The monoisotopic (exact) mass is 436 g/mol. The molecule has 0 atom stereocenters. The Morgan fingerprint density at radius 3 is 2.39 bits per heavy atom. The Kier molecular flexibility index (Phi) is 6.71. The number of carbonyl (C=O) groups is 2.